The molecule has 0 aliphatic rings. The second-order valence-corrected chi connectivity index (χ2v) is 4.69. The lowest BCUT2D eigenvalue weighted by Gasteiger charge is -2.04. The molecule has 90 valence electrons. The molecule has 0 bridgehead atoms. The number of nitrogens with zero attached hydrogens (tertiary/aromatic N) is 1. The van der Waals surface area contributed by atoms with Gasteiger partial charge in [0.1, 0.15) is 5.82 Å². The van der Waals surface area contributed by atoms with Crippen molar-refractivity contribution in [1.82, 2.24) is 15.3 Å². The minimum Gasteiger partial charge on any atom is -0.349 e. The molecule has 0 aliphatic heterocycles. The summed E-state index contributed by atoms with van der Waals surface area (Å²) in [5, 5.41) is 3.41. The van der Waals surface area contributed by atoms with Crippen LogP contribution < -0.4 is 5.32 Å². The summed E-state index contributed by atoms with van der Waals surface area (Å²) < 4.78 is 0. The third-order valence-electron chi connectivity index (χ3n) is 2.58. The van der Waals surface area contributed by atoms with Crippen molar-refractivity contribution in [3.63, 3.8) is 0 Å². The van der Waals surface area contributed by atoms with Gasteiger partial charge in [0.2, 0.25) is 0 Å². The molecule has 0 amide bonds. The Bertz CT molecular complexity index is 422. The maximum atomic E-state index is 4.19. The van der Waals surface area contributed by atoms with Crippen LogP contribution >= 0.6 is 11.8 Å². The maximum Gasteiger partial charge on any atom is 0.107 e. The molecule has 4 heteroatoms. The van der Waals surface area contributed by atoms with E-state index >= 15 is 0 Å². The van der Waals surface area contributed by atoms with Gasteiger partial charge in [-0.2, -0.15) is 0 Å². The Morgan fingerprint density at radius 3 is 2.76 bits per heavy atom. The van der Waals surface area contributed by atoms with Crippen LogP contribution in [0.4, 0.5) is 0 Å². The maximum absolute atomic E-state index is 4.19. The molecule has 0 fully saturated rings. The van der Waals surface area contributed by atoms with Crippen LogP contribution in [0.15, 0.2) is 41.6 Å². The molecule has 2 rings (SSSR count). The van der Waals surface area contributed by atoms with Crippen LogP contribution in [0.2, 0.25) is 0 Å². The average Bonchev–Trinajstić information content (AvgIpc) is 2.88. The Balaban J connectivity index is 1.70. The number of hydrogen-bond acceptors (Lipinski definition) is 3. The summed E-state index contributed by atoms with van der Waals surface area (Å²) >= 11 is 1.77. The fourth-order valence-electron chi connectivity index (χ4n) is 1.62. The van der Waals surface area contributed by atoms with Crippen molar-refractivity contribution < 1.29 is 0 Å². The van der Waals surface area contributed by atoms with Crippen molar-refractivity contribution >= 4 is 11.8 Å². The average molecular weight is 247 g/mol. The standard InChI is InChI=1S/C13H17N3S/c1-17-12-4-2-11(3-5-12)10-14-7-6-13-15-8-9-16-13/h2-5,8-9,14H,6-7,10H2,1H3,(H,15,16). The monoisotopic (exact) mass is 247 g/mol. The molecule has 0 atom stereocenters. The predicted molar refractivity (Wildman–Crippen MR) is 72.2 cm³/mol. The molecule has 0 aliphatic carbocycles. The van der Waals surface area contributed by atoms with E-state index in [4.69, 9.17) is 0 Å². The fraction of sp³-hybridized carbons (Fsp3) is 0.308. The number of aromatic nitrogens is 2. The van der Waals surface area contributed by atoms with Crippen molar-refractivity contribution in [1.29, 1.82) is 0 Å². The van der Waals surface area contributed by atoms with Crippen molar-refractivity contribution in [2.75, 3.05) is 12.8 Å². The first-order chi connectivity index (χ1) is 8.38. The van der Waals surface area contributed by atoms with Gasteiger partial charge in [-0.25, -0.2) is 4.98 Å². The third-order valence-corrected chi connectivity index (χ3v) is 3.33. The van der Waals surface area contributed by atoms with Gasteiger partial charge in [-0.15, -0.1) is 11.8 Å². The van der Waals surface area contributed by atoms with Crippen molar-refractivity contribution in [2.24, 2.45) is 0 Å². The highest BCUT2D eigenvalue weighted by molar-refractivity contribution is 7.98. The zero-order valence-corrected chi connectivity index (χ0v) is 10.8. The minimum absolute atomic E-state index is 0.912. The zero-order valence-electron chi connectivity index (χ0n) is 9.94. The van der Waals surface area contributed by atoms with E-state index in [1.807, 2.05) is 6.20 Å². The smallest absolute Gasteiger partial charge is 0.107 e. The van der Waals surface area contributed by atoms with Gasteiger partial charge < -0.3 is 10.3 Å². The lowest BCUT2D eigenvalue weighted by Crippen LogP contribution is -2.17. The molecule has 3 nitrogen and oxygen atoms in total. The van der Waals surface area contributed by atoms with Crippen LogP contribution in [-0.4, -0.2) is 22.8 Å². The molecule has 0 radical (unpaired) electrons. The van der Waals surface area contributed by atoms with E-state index in [9.17, 15) is 0 Å². The Kier molecular flexibility index (Phi) is 4.64. The van der Waals surface area contributed by atoms with Crippen molar-refractivity contribution in [2.45, 2.75) is 17.9 Å². The molecular formula is C13H17N3S. The lowest BCUT2D eigenvalue weighted by atomic mass is 10.2. The predicted octanol–water partition coefficient (Wildman–Crippen LogP) is 2.46. The number of nitrogens with one attached hydrogen (secondary N) is 2. The first kappa shape index (κ1) is 12.2. The number of thioether (sulfide) groups is 1. The quantitative estimate of drug-likeness (QED) is 0.608. The molecule has 0 saturated carbocycles. The first-order valence-corrected chi connectivity index (χ1v) is 6.93. The summed E-state index contributed by atoms with van der Waals surface area (Å²) in [7, 11) is 0. The summed E-state index contributed by atoms with van der Waals surface area (Å²) in [6, 6.07) is 8.67. The molecule has 0 spiro atoms. The molecule has 1 aromatic carbocycles. The van der Waals surface area contributed by atoms with Gasteiger partial charge in [0.15, 0.2) is 0 Å². The normalized spacial score (nSPS) is 10.6. The van der Waals surface area contributed by atoms with Crippen LogP contribution in [0, 0.1) is 0 Å². The molecule has 2 N–H and O–H groups in total. The van der Waals surface area contributed by atoms with E-state index < -0.39 is 0 Å². The van der Waals surface area contributed by atoms with Crippen LogP contribution in [-0.2, 0) is 13.0 Å². The molecule has 0 saturated heterocycles. The van der Waals surface area contributed by atoms with Gasteiger partial charge >= 0.3 is 0 Å². The third kappa shape index (κ3) is 3.91. The van der Waals surface area contributed by atoms with Crippen LogP contribution in [0.5, 0.6) is 0 Å². The topological polar surface area (TPSA) is 40.7 Å². The van der Waals surface area contributed by atoms with Gasteiger partial charge in [0, 0.05) is 36.8 Å². The SMILES string of the molecule is CSc1ccc(CNCCc2ncc[nH]2)cc1. The number of benzene rings is 1. The van der Waals surface area contributed by atoms with Crippen molar-refractivity contribution in [3.8, 4) is 0 Å². The van der Waals surface area contributed by atoms with Gasteiger partial charge in [0.25, 0.3) is 0 Å². The van der Waals surface area contributed by atoms with E-state index in [-0.39, 0.29) is 0 Å². The summed E-state index contributed by atoms with van der Waals surface area (Å²) in [6.45, 7) is 1.85. The Morgan fingerprint density at radius 2 is 2.12 bits per heavy atom. The largest absolute Gasteiger partial charge is 0.349 e. The highest BCUT2D eigenvalue weighted by Gasteiger charge is 1.96. The summed E-state index contributed by atoms with van der Waals surface area (Å²) in [6.07, 6.45) is 6.68. The molecule has 1 heterocycles. The molecule has 0 unspecified atom stereocenters. The van der Waals surface area contributed by atoms with Gasteiger partial charge in [-0.1, -0.05) is 12.1 Å². The lowest BCUT2D eigenvalue weighted by molar-refractivity contribution is 0.673. The van der Waals surface area contributed by atoms with Crippen LogP contribution in [0.1, 0.15) is 11.4 Å². The fourth-order valence-corrected chi connectivity index (χ4v) is 2.03. The summed E-state index contributed by atoms with van der Waals surface area (Å²) in [4.78, 5) is 8.59. The molecular weight excluding hydrogens is 230 g/mol. The van der Waals surface area contributed by atoms with E-state index in [0.29, 0.717) is 0 Å². The number of imidazole rings is 1. The summed E-state index contributed by atoms with van der Waals surface area (Å²) in [5.41, 5.74) is 1.32. The highest BCUT2D eigenvalue weighted by Crippen LogP contribution is 2.14. The van der Waals surface area contributed by atoms with E-state index in [2.05, 4.69) is 45.8 Å². The minimum atomic E-state index is 0.912. The van der Waals surface area contributed by atoms with Crippen molar-refractivity contribution in [3.05, 3.63) is 48.0 Å². The van der Waals surface area contributed by atoms with Crippen LogP contribution in [0.25, 0.3) is 0 Å². The Labute approximate surface area is 106 Å². The molecule has 1 aromatic heterocycles. The van der Waals surface area contributed by atoms with E-state index in [0.717, 1.165) is 25.3 Å². The van der Waals surface area contributed by atoms with Gasteiger partial charge in [-0.3, -0.25) is 0 Å². The second-order valence-electron chi connectivity index (χ2n) is 3.81. The highest BCUT2D eigenvalue weighted by atomic mass is 32.2. The number of hydrogen-bond donors (Lipinski definition) is 2. The second kappa shape index (κ2) is 6.47. The first-order valence-electron chi connectivity index (χ1n) is 5.70. The molecule has 17 heavy (non-hydrogen) atoms. The zero-order chi connectivity index (χ0) is 11.9. The molecule has 2 aromatic rings. The summed E-state index contributed by atoms with van der Waals surface area (Å²) in [5.74, 6) is 1.04. The Hall–Kier alpha value is -1.26. The van der Waals surface area contributed by atoms with Crippen LogP contribution in [0.3, 0.4) is 0 Å². The van der Waals surface area contributed by atoms with Gasteiger partial charge in [-0.05, 0) is 24.0 Å². The number of rotatable bonds is 6. The van der Waals surface area contributed by atoms with E-state index in [1.54, 1.807) is 18.0 Å². The van der Waals surface area contributed by atoms with E-state index in [1.165, 1.54) is 10.5 Å². The number of H-pyrrole nitrogens is 1. The Morgan fingerprint density at radius 1 is 1.29 bits per heavy atom. The van der Waals surface area contributed by atoms with Gasteiger partial charge in [0.05, 0.1) is 0 Å². The number of aromatic amines is 1.